The highest BCUT2D eigenvalue weighted by Gasteiger charge is 2.25. The molecule has 8 N–H and O–H groups in total. The van der Waals surface area contributed by atoms with Crippen LogP contribution in [0.2, 0.25) is 0 Å². The number of aryl methyl sites for hydroxylation is 2. The van der Waals surface area contributed by atoms with Crippen molar-refractivity contribution in [2.24, 2.45) is 9.98 Å². The molecule has 0 radical (unpaired) electrons. The molecule has 0 atom stereocenters. The van der Waals surface area contributed by atoms with E-state index in [1.54, 1.807) is 0 Å². The average molecular weight is 823 g/mol. The lowest BCUT2D eigenvalue weighted by atomic mass is 9.98. The number of fused-ring (bicyclic) bond motifs is 6. The van der Waals surface area contributed by atoms with Crippen LogP contribution >= 0.6 is 0 Å². The molecule has 10 nitrogen and oxygen atoms in total. The predicted molar refractivity (Wildman–Crippen MR) is 253 cm³/mol. The van der Waals surface area contributed by atoms with Crippen LogP contribution in [-0.2, 0) is 13.1 Å². The fourth-order valence-corrected chi connectivity index (χ4v) is 8.75. The summed E-state index contributed by atoms with van der Waals surface area (Å²) in [6.07, 6.45) is 5.63. The highest BCUT2D eigenvalue weighted by atomic mass is 16.3. The molecule has 0 aliphatic rings. The molecule has 0 aliphatic heterocycles. The third-order valence-electron chi connectivity index (χ3n) is 11.7. The van der Waals surface area contributed by atoms with Gasteiger partial charge in [0, 0.05) is 69.6 Å². The van der Waals surface area contributed by atoms with Crippen molar-refractivity contribution in [3.8, 4) is 22.5 Å². The topological polar surface area (TPSA) is 183 Å². The number of hydrogen-bond acceptors (Lipinski definition) is 8. The van der Waals surface area contributed by atoms with Crippen LogP contribution in [0, 0.1) is 0 Å². The normalized spacial score (nSPS) is 12.3. The van der Waals surface area contributed by atoms with Gasteiger partial charge in [-0.15, -0.1) is 0 Å². The molecular formula is C52H54N8O2. The Labute approximate surface area is 362 Å². The summed E-state index contributed by atoms with van der Waals surface area (Å²) in [6, 6.07) is 45.0. The molecular weight excluding hydrogens is 769 g/mol. The second kappa shape index (κ2) is 19.0. The summed E-state index contributed by atoms with van der Waals surface area (Å²) in [7, 11) is 0. The highest BCUT2D eigenvalue weighted by Crippen LogP contribution is 2.35. The molecule has 0 bridgehead atoms. The molecule has 2 heterocycles. The molecule has 0 spiro atoms. The fraction of sp³-hybridized carbons (Fsp3) is 0.231. The third-order valence-corrected chi connectivity index (χ3v) is 11.7. The van der Waals surface area contributed by atoms with E-state index in [2.05, 4.69) is 79.8 Å². The maximum Gasteiger partial charge on any atom is 0.220 e. The minimum absolute atomic E-state index is 0.150. The molecule has 0 saturated heterocycles. The Morgan fingerprint density at radius 3 is 1.18 bits per heavy atom. The van der Waals surface area contributed by atoms with Crippen molar-refractivity contribution >= 4 is 77.9 Å². The minimum Gasteiger partial charge on any atom is -0.862 e. The van der Waals surface area contributed by atoms with E-state index in [9.17, 15) is 10.2 Å². The molecule has 62 heavy (non-hydrogen) atoms. The summed E-state index contributed by atoms with van der Waals surface area (Å²) in [5, 5.41) is 32.0. The van der Waals surface area contributed by atoms with Gasteiger partial charge in [0.25, 0.3) is 0 Å². The van der Waals surface area contributed by atoms with Crippen molar-refractivity contribution in [1.29, 1.82) is 0 Å². The fourth-order valence-electron chi connectivity index (χ4n) is 8.75. The lowest BCUT2D eigenvalue weighted by molar-refractivity contribution is -0.660. The van der Waals surface area contributed by atoms with Crippen LogP contribution in [0.25, 0.3) is 65.9 Å². The van der Waals surface area contributed by atoms with Crippen LogP contribution in [0.1, 0.15) is 51.4 Å². The summed E-state index contributed by atoms with van der Waals surface area (Å²) >= 11 is 0. The molecule has 10 heteroatoms. The number of rotatable bonds is 17. The summed E-state index contributed by atoms with van der Waals surface area (Å²) < 4.78 is 4.68. The van der Waals surface area contributed by atoms with Gasteiger partial charge >= 0.3 is 0 Å². The van der Waals surface area contributed by atoms with E-state index in [-0.39, 0.29) is 24.9 Å². The summed E-state index contributed by atoms with van der Waals surface area (Å²) in [5.41, 5.74) is 34.6. The van der Waals surface area contributed by atoms with Gasteiger partial charge in [0.05, 0.1) is 34.6 Å². The number of nitrogen functional groups attached to an aromatic ring is 4. The van der Waals surface area contributed by atoms with E-state index in [1.165, 1.54) is 0 Å². The number of nitrogens with two attached hydrogens (primary N) is 4. The standard InChI is InChI=1S/C52H54N8O2/c53-37-19-23-41-43-25-21-39(55)33-47(43)59(51(45(41)31-37)35-13-5-1-6-14-35)29-11-3-9-17-49(61)57-27-28-58-50(62)18-10-4-12-30-60-48-34-40(56)22-26-44(48)42-24-20-38(54)32-46(42)52(60)36-15-7-2-8-16-36/h1-2,5-8,13-16,19-26,31-34,55-56H,3-4,9-12,17-18,27-30,53-54H2,(H2,57,58,61,62). The first-order chi connectivity index (χ1) is 30.2. The van der Waals surface area contributed by atoms with Gasteiger partial charge in [-0.05, 0) is 123 Å². The average Bonchev–Trinajstić information content (AvgIpc) is 3.27. The predicted octanol–water partition coefficient (Wildman–Crippen LogP) is 7.88. The first-order valence-corrected chi connectivity index (χ1v) is 21.7. The zero-order chi connectivity index (χ0) is 43.0. The van der Waals surface area contributed by atoms with Crippen LogP contribution in [0.5, 0.6) is 0 Å². The maximum absolute atomic E-state index is 12.7. The number of hydrogen-bond donors (Lipinski definition) is 4. The summed E-state index contributed by atoms with van der Waals surface area (Å²) in [6.45, 7) is 1.94. The third kappa shape index (κ3) is 9.24. The summed E-state index contributed by atoms with van der Waals surface area (Å²) in [5.74, 6) is -0.301. The quantitative estimate of drug-likeness (QED) is 0.0181. The van der Waals surface area contributed by atoms with Gasteiger partial charge in [-0.3, -0.25) is 0 Å². The van der Waals surface area contributed by atoms with Crippen molar-refractivity contribution in [1.82, 2.24) is 0 Å². The Balaban J connectivity index is 0.834. The number of aromatic nitrogens is 2. The van der Waals surface area contributed by atoms with Gasteiger partial charge in [-0.1, -0.05) is 48.5 Å². The van der Waals surface area contributed by atoms with Gasteiger partial charge in [-0.2, -0.15) is 9.13 Å². The number of nitrogens with zero attached hydrogens (tertiary/aromatic N) is 4. The number of pyridine rings is 2. The Morgan fingerprint density at radius 1 is 0.403 bits per heavy atom. The molecule has 8 aromatic rings. The Kier molecular flexibility index (Phi) is 12.7. The van der Waals surface area contributed by atoms with Crippen LogP contribution in [-0.4, -0.2) is 24.9 Å². The monoisotopic (exact) mass is 822 g/mol. The maximum atomic E-state index is 12.7. The molecule has 6 aromatic carbocycles. The van der Waals surface area contributed by atoms with Crippen LogP contribution in [0.15, 0.2) is 143 Å². The number of benzene rings is 6. The molecule has 0 fully saturated rings. The molecule has 314 valence electrons. The smallest absolute Gasteiger partial charge is 0.220 e. The second-order valence-electron chi connectivity index (χ2n) is 16.1. The van der Waals surface area contributed by atoms with Crippen LogP contribution < -0.4 is 42.3 Å². The van der Waals surface area contributed by atoms with E-state index < -0.39 is 0 Å². The first kappa shape index (κ1) is 41.5. The van der Waals surface area contributed by atoms with E-state index in [0.29, 0.717) is 35.6 Å². The Hall–Kier alpha value is -7.20. The van der Waals surface area contributed by atoms with Gasteiger partial charge in [0.2, 0.25) is 22.4 Å². The van der Waals surface area contributed by atoms with Crippen molar-refractivity contribution in [3.05, 3.63) is 133 Å². The number of aliphatic imine (C=N–C) groups is 2. The number of anilines is 4. The lowest BCUT2D eigenvalue weighted by Gasteiger charge is -2.14. The first-order valence-electron chi connectivity index (χ1n) is 21.7. The van der Waals surface area contributed by atoms with E-state index in [4.69, 9.17) is 22.9 Å². The SMILES string of the molecule is Nc1ccc2c(c1)c(-c1ccccc1)[n+](CCCCCC([O-])=NCCN=C([O-])CCCCC[n+]1c(-c3ccccc3)c3cc(N)ccc3c3ccc(N)cc31)c1cc(N)ccc21. The van der Waals surface area contributed by atoms with E-state index in [0.717, 1.165) is 117 Å². The summed E-state index contributed by atoms with van der Waals surface area (Å²) in [4.78, 5) is 8.40. The number of unbranched alkanes of at least 4 members (excludes halogenated alkanes) is 4. The van der Waals surface area contributed by atoms with Crippen molar-refractivity contribution in [2.75, 3.05) is 36.0 Å². The second-order valence-corrected chi connectivity index (χ2v) is 16.1. The van der Waals surface area contributed by atoms with E-state index >= 15 is 0 Å². The largest absolute Gasteiger partial charge is 0.862 e. The van der Waals surface area contributed by atoms with E-state index in [1.807, 2.05) is 72.8 Å². The highest BCUT2D eigenvalue weighted by molar-refractivity contribution is 6.11. The minimum atomic E-state index is -0.150. The Morgan fingerprint density at radius 2 is 0.774 bits per heavy atom. The molecule has 0 unspecified atom stereocenters. The van der Waals surface area contributed by atoms with Gasteiger partial charge in [-0.25, -0.2) is 0 Å². The van der Waals surface area contributed by atoms with Crippen molar-refractivity contribution < 1.29 is 19.3 Å². The molecule has 8 rings (SSSR count). The molecule has 0 saturated carbocycles. The van der Waals surface area contributed by atoms with Crippen LogP contribution in [0.3, 0.4) is 0 Å². The van der Waals surface area contributed by atoms with Crippen molar-refractivity contribution in [3.63, 3.8) is 0 Å². The zero-order valence-electron chi connectivity index (χ0n) is 35.1. The van der Waals surface area contributed by atoms with Gasteiger partial charge in [0.15, 0.2) is 0 Å². The molecule has 0 aliphatic carbocycles. The zero-order valence-corrected chi connectivity index (χ0v) is 35.1. The van der Waals surface area contributed by atoms with Gasteiger partial charge < -0.3 is 43.1 Å². The lowest BCUT2D eigenvalue weighted by Crippen LogP contribution is -2.38. The van der Waals surface area contributed by atoms with Gasteiger partial charge in [0.1, 0.15) is 13.1 Å². The van der Waals surface area contributed by atoms with Crippen molar-refractivity contribution in [2.45, 2.75) is 64.5 Å². The van der Waals surface area contributed by atoms with Crippen LogP contribution in [0.4, 0.5) is 22.7 Å². The molecule has 0 amide bonds. The Bertz CT molecular complexity index is 2730. The molecule has 2 aromatic heterocycles.